The second-order valence-corrected chi connectivity index (χ2v) is 8.96. The number of ether oxygens (including phenoxy) is 6. The minimum atomic E-state index is -1.09. The standard InChI is InChI=1S/C28H55FO6/c1-7-12-17-30-22-26(33-19-14-9-3)28(34-20-15-10-4)27(23-31-18-13-8-2)35-24(6)32-21-16-25(29)11-5/h11,24-28H,5,7-10,12-23H2,1-4,6H3/t24?,25-,26?,27?,28-/m1/s1. The lowest BCUT2D eigenvalue weighted by Gasteiger charge is -2.35. The molecule has 0 aliphatic heterocycles. The summed E-state index contributed by atoms with van der Waals surface area (Å²) in [5, 5.41) is 0. The van der Waals surface area contributed by atoms with Crippen LogP contribution >= 0.6 is 0 Å². The molecule has 0 N–H and O–H groups in total. The summed E-state index contributed by atoms with van der Waals surface area (Å²) in [6, 6.07) is 0. The molecular formula is C28H55FO6. The van der Waals surface area contributed by atoms with Crippen LogP contribution in [0.15, 0.2) is 12.7 Å². The van der Waals surface area contributed by atoms with E-state index in [1.807, 2.05) is 6.92 Å². The first kappa shape index (κ1) is 34.4. The van der Waals surface area contributed by atoms with E-state index >= 15 is 0 Å². The predicted molar refractivity (Wildman–Crippen MR) is 141 cm³/mol. The molecule has 0 aliphatic rings. The van der Waals surface area contributed by atoms with Crippen LogP contribution in [-0.2, 0) is 28.4 Å². The minimum absolute atomic E-state index is 0.246. The third-order valence-corrected chi connectivity index (χ3v) is 5.59. The van der Waals surface area contributed by atoms with Crippen LogP contribution in [0.25, 0.3) is 0 Å². The van der Waals surface area contributed by atoms with Crippen molar-refractivity contribution in [2.75, 3.05) is 46.2 Å². The number of allylic oxidation sites excluding steroid dienone is 1. The molecule has 5 atom stereocenters. The van der Waals surface area contributed by atoms with E-state index in [1.165, 1.54) is 6.08 Å². The van der Waals surface area contributed by atoms with Gasteiger partial charge in [-0.3, -0.25) is 0 Å². The molecule has 0 spiro atoms. The van der Waals surface area contributed by atoms with Gasteiger partial charge in [-0.1, -0.05) is 59.5 Å². The molecule has 210 valence electrons. The molecule has 0 rings (SSSR count). The molecule has 0 aromatic carbocycles. The van der Waals surface area contributed by atoms with Crippen molar-refractivity contribution in [3.8, 4) is 0 Å². The molecular weight excluding hydrogens is 451 g/mol. The van der Waals surface area contributed by atoms with Crippen LogP contribution in [0.1, 0.15) is 92.4 Å². The number of halogens is 1. The molecule has 0 amide bonds. The van der Waals surface area contributed by atoms with Crippen LogP contribution in [0.4, 0.5) is 4.39 Å². The molecule has 0 bridgehead atoms. The summed E-state index contributed by atoms with van der Waals surface area (Å²) >= 11 is 0. The van der Waals surface area contributed by atoms with Gasteiger partial charge < -0.3 is 28.4 Å². The Hall–Kier alpha value is -0.570. The quantitative estimate of drug-likeness (QED) is 0.0706. The van der Waals surface area contributed by atoms with Crippen molar-refractivity contribution in [2.45, 2.75) is 123 Å². The highest BCUT2D eigenvalue weighted by atomic mass is 19.1. The van der Waals surface area contributed by atoms with E-state index in [1.54, 1.807) is 0 Å². The molecule has 0 aromatic heterocycles. The minimum Gasteiger partial charge on any atom is -0.379 e. The van der Waals surface area contributed by atoms with Crippen molar-refractivity contribution in [1.29, 1.82) is 0 Å². The van der Waals surface area contributed by atoms with Gasteiger partial charge in [0, 0.05) is 32.8 Å². The summed E-state index contributed by atoms with van der Waals surface area (Å²) in [4.78, 5) is 0. The summed E-state index contributed by atoms with van der Waals surface area (Å²) in [6.07, 6.45) is 6.99. The van der Waals surface area contributed by atoms with Crippen LogP contribution in [0.5, 0.6) is 0 Å². The second kappa shape index (κ2) is 25.1. The first-order valence-corrected chi connectivity index (χ1v) is 14.0. The predicted octanol–water partition coefficient (Wildman–Crippen LogP) is 6.65. The van der Waals surface area contributed by atoms with E-state index in [0.29, 0.717) is 39.6 Å². The maximum Gasteiger partial charge on any atom is 0.155 e. The molecule has 3 unspecified atom stereocenters. The average Bonchev–Trinajstić information content (AvgIpc) is 2.85. The van der Waals surface area contributed by atoms with Crippen LogP contribution in [-0.4, -0.2) is 77.0 Å². The van der Waals surface area contributed by atoms with Crippen molar-refractivity contribution in [3.05, 3.63) is 12.7 Å². The lowest BCUT2D eigenvalue weighted by molar-refractivity contribution is -0.227. The van der Waals surface area contributed by atoms with Gasteiger partial charge in [-0.05, 0) is 32.6 Å². The summed E-state index contributed by atoms with van der Waals surface area (Å²) in [5.74, 6) is 0. The Morgan fingerprint density at radius 2 is 1.20 bits per heavy atom. The summed E-state index contributed by atoms with van der Waals surface area (Å²) in [5.41, 5.74) is 0. The zero-order chi connectivity index (χ0) is 26.2. The molecule has 0 aliphatic carbocycles. The maximum atomic E-state index is 13.5. The van der Waals surface area contributed by atoms with Crippen LogP contribution in [0.3, 0.4) is 0 Å². The average molecular weight is 507 g/mol. The Morgan fingerprint density at radius 3 is 1.74 bits per heavy atom. The monoisotopic (exact) mass is 506 g/mol. The SMILES string of the molecule is C=C[C@@H](F)CCOC(C)OC(COCCCC)[C@H](OCCCC)C(COCCCC)OCCCC. The number of unbranched alkanes of at least 4 members (excludes halogenated alkanes) is 4. The molecule has 6 nitrogen and oxygen atoms in total. The first-order valence-electron chi connectivity index (χ1n) is 14.0. The van der Waals surface area contributed by atoms with E-state index in [9.17, 15) is 4.39 Å². The molecule has 0 saturated carbocycles. The fourth-order valence-corrected chi connectivity index (χ4v) is 3.29. The van der Waals surface area contributed by atoms with E-state index in [0.717, 1.165) is 51.4 Å². The van der Waals surface area contributed by atoms with Crippen molar-refractivity contribution < 1.29 is 32.8 Å². The number of alkyl halides is 1. The molecule has 0 heterocycles. The van der Waals surface area contributed by atoms with E-state index in [2.05, 4.69) is 34.3 Å². The van der Waals surface area contributed by atoms with Crippen LogP contribution < -0.4 is 0 Å². The van der Waals surface area contributed by atoms with Crippen LogP contribution in [0.2, 0.25) is 0 Å². The van der Waals surface area contributed by atoms with E-state index in [4.69, 9.17) is 28.4 Å². The normalized spacial score (nSPS) is 16.1. The Labute approximate surface area is 215 Å². The van der Waals surface area contributed by atoms with Crippen LogP contribution in [0, 0.1) is 0 Å². The number of hydrogen-bond donors (Lipinski definition) is 0. The fourth-order valence-electron chi connectivity index (χ4n) is 3.29. The van der Waals surface area contributed by atoms with Crippen molar-refractivity contribution in [2.24, 2.45) is 0 Å². The zero-order valence-corrected chi connectivity index (χ0v) is 23.3. The van der Waals surface area contributed by atoms with Crippen molar-refractivity contribution in [3.63, 3.8) is 0 Å². The molecule has 0 radical (unpaired) electrons. The molecule has 0 saturated heterocycles. The third kappa shape index (κ3) is 19.2. The van der Waals surface area contributed by atoms with Gasteiger partial charge in [-0.25, -0.2) is 4.39 Å². The van der Waals surface area contributed by atoms with E-state index < -0.39 is 18.6 Å². The Bertz CT molecular complexity index is 453. The topological polar surface area (TPSA) is 55.4 Å². The van der Waals surface area contributed by atoms with Gasteiger partial charge >= 0.3 is 0 Å². The zero-order valence-electron chi connectivity index (χ0n) is 23.3. The van der Waals surface area contributed by atoms with Gasteiger partial charge in [-0.15, -0.1) is 6.58 Å². The summed E-state index contributed by atoms with van der Waals surface area (Å²) < 4.78 is 50.2. The van der Waals surface area contributed by atoms with Crippen molar-refractivity contribution in [1.82, 2.24) is 0 Å². The van der Waals surface area contributed by atoms with Gasteiger partial charge in [0.15, 0.2) is 6.29 Å². The molecule has 0 aromatic rings. The largest absolute Gasteiger partial charge is 0.379 e. The van der Waals surface area contributed by atoms with Gasteiger partial charge in [-0.2, -0.15) is 0 Å². The smallest absolute Gasteiger partial charge is 0.155 e. The Kier molecular flexibility index (Phi) is 24.7. The number of rotatable bonds is 27. The lowest BCUT2D eigenvalue weighted by Crippen LogP contribution is -2.49. The maximum absolute atomic E-state index is 13.5. The Morgan fingerprint density at radius 1 is 0.686 bits per heavy atom. The highest BCUT2D eigenvalue weighted by molar-refractivity contribution is 4.81. The molecule has 35 heavy (non-hydrogen) atoms. The summed E-state index contributed by atoms with van der Waals surface area (Å²) in [6.45, 7) is 17.5. The summed E-state index contributed by atoms with van der Waals surface area (Å²) in [7, 11) is 0. The third-order valence-electron chi connectivity index (χ3n) is 5.59. The van der Waals surface area contributed by atoms with Gasteiger partial charge in [0.2, 0.25) is 0 Å². The fraction of sp³-hybridized carbons (Fsp3) is 0.929. The number of hydrogen-bond acceptors (Lipinski definition) is 6. The highest BCUT2D eigenvalue weighted by Gasteiger charge is 2.34. The van der Waals surface area contributed by atoms with Gasteiger partial charge in [0.1, 0.15) is 24.5 Å². The first-order chi connectivity index (χ1) is 17.0. The molecule has 0 fully saturated rings. The van der Waals surface area contributed by atoms with Gasteiger partial charge in [0.25, 0.3) is 0 Å². The van der Waals surface area contributed by atoms with Crippen molar-refractivity contribution >= 4 is 0 Å². The highest BCUT2D eigenvalue weighted by Crippen LogP contribution is 2.18. The van der Waals surface area contributed by atoms with Gasteiger partial charge in [0.05, 0.1) is 19.8 Å². The second-order valence-electron chi connectivity index (χ2n) is 8.96. The lowest BCUT2D eigenvalue weighted by atomic mass is 10.1. The Balaban J connectivity index is 5.46. The molecule has 7 heteroatoms. The van der Waals surface area contributed by atoms with E-state index in [-0.39, 0.29) is 25.2 Å².